The Kier molecular flexibility index (Phi) is 3.52. The van der Waals surface area contributed by atoms with Crippen LogP contribution in [0.4, 0.5) is 11.4 Å². The van der Waals surface area contributed by atoms with E-state index in [4.69, 9.17) is 4.74 Å². The van der Waals surface area contributed by atoms with Gasteiger partial charge < -0.3 is 15.4 Å². The first kappa shape index (κ1) is 13.5. The molecule has 21 heavy (non-hydrogen) atoms. The minimum absolute atomic E-state index is 0.113. The Bertz CT molecular complexity index is 665. The van der Waals surface area contributed by atoms with Crippen molar-refractivity contribution < 1.29 is 9.53 Å². The molecule has 0 saturated heterocycles. The first-order valence-corrected chi connectivity index (χ1v) is 7.03. The number of benzene rings is 2. The lowest BCUT2D eigenvalue weighted by molar-refractivity contribution is -0.122. The van der Waals surface area contributed by atoms with Gasteiger partial charge in [0.05, 0.1) is 5.69 Å². The van der Waals surface area contributed by atoms with Gasteiger partial charge in [-0.1, -0.05) is 29.8 Å². The van der Waals surface area contributed by atoms with Gasteiger partial charge in [0.2, 0.25) is 0 Å². The van der Waals surface area contributed by atoms with Crippen molar-refractivity contribution in [2.75, 3.05) is 10.6 Å². The van der Waals surface area contributed by atoms with Gasteiger partial charge in [-0.05, 0) is 37.6 Å². The van der Waals surface area contributed by atoms with Gasteiger partial charge in [0, 0.05) is 12.2 Å². The topological polar surface area (TPSA) is 50.4 Å². The average molecular weight is 282 g/mol. The van der Waals surface area contributed by atoms with Crippen molar-refractivity contribution >= 4 is 17.3 Å². The van der Waals surface area contributed by atoms with Gasteiger partial charge in [-0.15, -0.1) is 0 Å². The number of aryl methyl sites for hydroxylation is 1. The SMILES string of the molecule is Cc1ccc(CNc2ccc3c(c2)NC(=O)C(C)O3)cc1. The zero-order valence-corrected chi connectivity index (χ0v) is 12.1. The largest absolute Gasteiger partial charge is 0.479 e. The maximum absolute atomic E-state index is 11.6. The minimum Gasteiger partial charge on any atom is -0.479 e. The maximum Gasteiger partial charge on any atom is 0.265 e. The zero-order valence-electron chi connectivity index (χ0n) is 12.1. The summed E-state index contributed by atoms with van der Waals surface area (Å²) in [7, 11) is 0. The molecule has 3 rings (SSSR count). The summed E-state index contributed by atoms with van der Waals surface area (Å²) in [6.45, 7) is 4.55. The van der Waals surface area contributed by atoms with Gasteiger partial charge >= 0.3 is 0 Å². The van der Waals surface area contributed by atoms with Gasteiger partial charge in [0.25, 0.3) is 5.91 Å². The van der Waals surface area contributed by atoms with E-state index in [-0.39, 0.29) is 5.91 Å². The van der Waals surface area contributed by atoms with Gasteiger partial charge in [0.15, 0.2) is 6.10 Å². The van der Waals surface area contributed by atoms with E-state index in [1.54, 1.807) is 6.92 Å². The molecule has 0 spiro atoms. The summed E-state index contributed by atoms with van der Waals surface area (Å²) in [6, 6.07) is 14.1. The van der Waals surface area contributed by atoms with Crippen molar-refractivity contribution in [2.24, 2.45) is 0 Å². The minimum atomic E-state index is -0.441. The van der Waals surface area contributed by atoms with Crippen LogP contribution in [0, 0.1) is 6.92 Å². The highest BCUT2D eigenvalue weighted by Crippen LogP contribution is 2.32. The molecule has 1 heterocycles. The Morgan fingerprint density at radius 2 is 1.95 bits per heavy atom. The number of hydrogen-bond donors (Lipinski definition) is 2. The number of hydrogen-bond acceptors (Lipinski definition) is 3. The average Bonchev–Trinajstić information content (AvgIpc) is 2.48. The predicted molar refractivity (Wildman–Crippen MR) is 83.7 cm³/mol. The fraction of sp³-hybridized carbons (Fsp3) is 0.235. The molecule has 2 N–H and O–H groups in total. The molecule has 1 atom stereocenters. The number of carbonyl (C=O) groups is 1. The molecule has 0 aromatic heterocycles. The monoisotopic (exact) mass is 282 g/mol. The third kappa shape index (κ3) is 2.99. The second-order valence-electron chi connectivity index (χ2n) is 5.30. The smallest absolute Gasteiger partial charge is 0.265 e. The van der Waals surface area contributed by atoms with Crippen LogP contribution in [0.2, 0.25) is 0 Å². The van der Waals surface area contributed by atoms with Crippen LogP contribution in [-0.4, -0.2) is 12.0 Å². The van der Waals surface area contributed by atoms with Crippen LogP contribution in [0.5, 0.6) is 5.75 Å². The van der Waals surface area contributed by atoms with Crippen molar-refractivity contribution in [1.29, 1.82) is 0 Å². The van der Waals surface area contributed by atoms with E-state index in [0.717, 1.165) is 12.2 Å². The maximum atomic E-state index is 11.6. The lowest BCUT2D eigenvalue weighted by Crippen LogP contribution is -2.34. The molecule has 4 heteroatoms. The number of fused-ring (bicyclic) bond motifs is 1. The highest BCUT2D eigenvalue weighted by atomic mass is 16.5. The molecule has 1 amide bonds. The molecule has 0 fully saturated rings. The fourth-order valence-corrected chi connectivity index (χ4v) is 2.23. The van der Waals surface area contributed by atoms with Crippen LogP contribution in [0.15, 0.2) is 42.5 Å². The Balaban J connectivity index is 1.71. The van der Waals surface area contributed by atoms with E-state index in [9.17, 15) is 4.79 Å². The van der Waals surface area contributed by atoms with Crippen LogP contribution in [0.3, 0.4) is 0 Å². The number of rotatable bonds is 3. The third-order valence-electron chi connectivity index (χ3n) is 3.53. The summed E-state index contributed by atoms with van der Waals surface area (Å²) < 4.78 is 5.54. The van der Waals surface area contributed by atoms with Gasteiger partial charge in [-0.3, -0.25) is 4.79 Å². The summed E-state index contributed by atoms with van der Waals surface area (Å²) in [5.41, 5.74) is 4.13. The molecule has 0 radical (unpaired) electrons. The predicted octanol–water partition coefficient (Wildman–Crippen LogP) is 3.33. The summed E-state index contributed by atoms with van der Waals surface area (Å²) >= 11 is 0. The lowest BCUT2D eigenvalue weighted by atomic mass is 10.1. The highest BCUT2D eigenvalue weighted by molar-refractivity contribution is 5.98. The quantitative estimate of drug-likeness (QED) is 0.908. The van der Waals surface area contributed by atoms with Crippen LogP contribution in [0.25, 0.3) is 0 Å². The summed E-state index contributed by atoms with van der Waals surface area (Å²) in [5.74, 6) is 0.598. The number of anilines is 2. The Morgan fingerprint density at radius 3 is 2.71 bits per heavy atom. The van der Waals surface area contributed by atoms with Crippen molar-refractivity contribution in [2.45, 2.75) is 26.5 Å². The summed E-state index contributed by atoms with van der Waals surface area (Å²) in [4.78, 5) is 11.6. The molecule has 1 unspecified atom stereocenters. The van der Waals surface area contributed by atoms with Crippen LogP contribution in [-0.2, 0) is 11.3 Å². The Morgan fingerprint density at radius 1 is 1.19 bits per heavy atom. The molecule has 4 nitrogen and oxygen atoms in total. The molecular weight excluding hydrogens is 264 g/mol. The van der Waals surface area contributed by atoms with E-state index in [1.807, 2.05) is 18.2 Å². The van der Waals surface area contributed by atoms with E-state index in [1.165, 1.54) is 11.1 Å². The Hall–Kier alpha value is -2.49. The zero-order chi connectivity index (χ0) is 14.8. The highest BCUT2D eigenvalue weighted by Gasteiger charge is 2.23. The number of amides is 1. The van der Waals surface area contributed by atoms with Crippen LogP contribution < -0.4 is 15.4 Å². The molecule has 2 aromatic carbocycles. The molecule has 108 valence electrons. The van der Waals surface area contributed by atoms with Crippen molar-refractivity contribution in [3.8, 4) is 5.75 Å². The summed E-state index contributed by atoms with van der Waals surface area (Å²) in [5, 5.41) is 6.20. The molecule has 1 aliphatic rings. The first-order valence-electron chi connectivity index (χ1n) is 7.03. The molecule has 0 aliphatic carbocycles. The van der Waals surface area contributed by atoms with E-state index in [0.29, 0.717) is 11.4 Å². The number of nitrogens with one attached hydrogen (secondary N) is 2. The molecule has 0 bridgehead atoms. The second-order valence-corrected chi connectivity index (χ2v) is 5.30. The molecule has 0 saturated carbocycles. The number of carbonyl (C=O) groups excluding carboxylic acids is 1. The Labute approximate surface area is 124 Å². The molecule has 1 aliphatic heterocycles. The fourth-order valence-electron chi connectivity index (χ4n) is 2.23. The van der Waals surface area contributed by atoms with Gasteiger partial charge in [-0.25, -0.2) is 0 Å². The number of ether oxygens (including phenoxy) is 1. The normalized spacial score (nSPS) is 16.7. The standard InChI is InChI=1S/C17H18N2O2/c1-11-3-5-13(6-4-11)10-18-14-7-8-16-15(9-14)19-17(20)12(2)21-16/h3-9,12,18H,10H2,1-2H3,(H,19,20). The van der Waals surface area contributed by atoms with Gasteiger partial charge in [0.1, 0.15) is 5.75 Å². The lowest BCUT2D eigenvalue weighted by Gasteiger charge is -2.23. The van der Waals surface area contributed by atoms with Crippen molar-refractivity contribution in [1.82, 2.24) is 0 Å². The molecular formula is C17H18N2O2. The van der Waals surface area contributed by atoms with Crippen LogP contribution >= 0.6 is 0 Å². The summed E-state index contributed by atoms with van der Waals surface area (Å²) in [6.07, 6.45) is -0.441. The van der Waals surface area contributed by atoms with Crippen molar-refractivity contribution in [3.63, 3.8) is 0 Å². The van der Waals surface area contributed by atoms with Crippen LogP contribution in [0.1, 0.15) is 18.1 Å². The van der Waals surface area contributed by atoms with Crippen molar-refractivity contribution in [3.05, 3.63) is 53.6 Å². The second kappa shape index (κ2) is 5.48. The van der Waals surface area contributed by atoms with E-state index >= 15 is 0 Å². The molecule has 2 aromatic rings. The van der Waals surface area contributed by atoms with Gasteiger partial charge in [-0.2, -0.15) is 0 Å². The van der Waals surface area contributed by atoms with E-state index < -0.39 is 6.10 Å². The first-order chi connectivity index (χ1) is 10.1. The van der Waals surface area contributed by atoms with E-state index in [2.05, 4.69) is 41.8 Å². The third-order valence-corrected chi connectivity index (χ3v) is 3.53.